The summed E-state index contributed by atoms with van der Waals surface area (Å²) in [6, 6.07) is 0. The summed E-state index contributed by atoms with van der Waals surface area (Å²) in [6.45, 7) is 4.14. The van der Waals surface area contributed by atoms with Gasteiger partial charge in [0.25, 0.3) is 0 Å². The third-order valence-electron chi connectivity index (χ3n) is 3.62. The Kier molecular flexibility index (Phi) is 7.11. The van der Waals surface area contributed by atoms with Crippen LogP contribution in [0.1, 0.15) is 19.3 Å². The van der Waals surface area contributed by atoms with E-state index >= 15 is 0 Å². The normalized spacial score (nSPS) is 19.2. The second-order valence-electron chi connectivity index (χ2n) is 5.20. The molecule has 0 amide bonds. The molecule has 1 rings (SSSR count). The number of hydrogen-bond acceptors (Lipinski definition) is 5. The van der Waals surface area contributed by atoms with Crippen molar-refractivity contribution in [1.29, 1.82) is 0 Å². The average molecular weight is 260 g/mol. The van der Waals surface area contributed by atoms with Gasteiger partial charge in [-0.3, -0.25) is 4.90 Å². The second kappa shape index (κ2) is 8.07. The highest BCUT2D eigenvalue weighted by atomic mass is 16.5. The van der Waals surface area contributed by atoms with Crippen LogP contribution >= 0.6 is 0 Å². The maximum absolute atomic E-state index is 10.5. The predicted molar refractivity (Wildman–Crippen MR) is 71.5 cm³/mol. The summed E-state index contributed by atoms with van der Waals surface area (Å²) in [5.74, 6) is 0.384. The number of methoxy groups -OCH3 is 2. The van der Waals surface area contributed by atoms with Crippen LogP contribution in [-0.4, -0.2) is 69.2 Å². The minimum Gasteiger partial charge on any atom is -0.387 e. The highest BCUT2D eigenvalue weighted by Crippen LogP contribution is 2.39. The molecule has 0 aliphatic heterocycles. The van der Waals surface area contributed by atoms with Crippen molar-refractivity contribution < 1.29 is 14.6 Å². The molecule has 5 nitrogen and oxygen atoms in total. The first kappa shape index (κ1) is 15.9. The van der Waals surface area contributed by atoms with Gasteiger partial charge in [-0.2, -0.15) is 0 Å². The lowest BCUT2D eigenvalue weighted by molar-refractivity contribution is -0.0147. The summed E-state index contributed by atoms with van der Waals surface area (Å²) < 4.78 is 10.2. The van der Waals surface area contributed by atoms with Crippen molar-refractivity contribution in [3.05, 3.63) is 0 Å². The maximum Gasteiger partial charge on any atom is 0.0923 e. The molecule has 0 radical (unpaired) electrons. The Labute approximate surface area is 110 Å². The fourth-order valence-corrected chi connectivity index (χ4v) is 2.29. The first-order chi connectivity index (χ1) is 8.66. The molecular weight excluding hydrogens is 232 g/mol. The van der Waals surface area contributed by atoms with E-state index in [0.717, 1.165) is 39.0 Å². The SMILES string of the molecule is COCCCN(CCOC)CC(O)(CN)C1CC1. The summed E-state index contributed by atoms with van der Waals surface area (Å²) in [7, 11) is 3.41. The van der Waals surface area contributed by atoms with E-state index in [2.05, 4.69) is 4.90 Å². The number of rotatable bonds is 11. The van der Waals surface area contributed by atoms with Gasteiger partial charge in [-0.1, -0.05) is 0 Å². The molecule has 0 bridgehead atoms. The Morgan fingerprint density at radius 1 is 1.22 bits per heavy atom. The van der Waals surface area contributed by atoms with Crippen LogP contribution in [0.2, 0.25) is 0 Å². The van der Waals surface area contributed by atoms with Crippen molar-refractivity contribution in [2.75, 3.05) is 53.6 Å². The Bertz CT molecular complexity index is 224. The Morgan fingerprint density at radius 2 is 1.89 bits per heavy atom. The second-order valence-corrected chi connectivity index (χ2v) is 5.20. The largest absolute Gasteiger partial charge is 0.387 e. The van der Waals surface area contributed by atoms with Crippen LogP contribution in [0.5, 0.6) is 0 Å². The molecule has 1 saturated carbocycles. The number of ether oxygens (including phenoxy) is 2. The lowest BCUT2D eigenvalue weighted by Crippen LogP contribution is -2.51. The van der Waals surface area contributed by atoms with Gasteiger partial charge in [-0.15, -0.1) is 0 Å². The number of hydrogen-bond donors (Lipinski definition) is 2. The fourth-order valence-electron chi connectivity index (χ4n) is 2.29. The molecule has 5 heteroatoms. The zero-order valence-electron chi connectivity index (χ0n) is 11.7. The molecule has 0 aromatic heterocycles. The molecule has 18 heavy (non-hydrogen) atoms. The van der Waals surface area contributed by atoms with Gasteiger partial charge in [0.2, 0.25) is 0 Å². The summed E-state index contributed by atoms with van der Waals surface area (Å²) in [6.07, 6.45) is 3.17. The molecule has 1 unspecified atom stereocenters. The standard InChI is InChI=1S/C13H28N2O3/c1-17-8-3-6-15(7-9-18-2)11-13(16,10-14)12-4-5-12/h12,16H,3-11,14H2,1-2H3. The van der Waals surface area contributed by atoms with Crippen LogP contribution in [0.25, 0.3) is 0 Å². The molecule has 1 aliphatic carbocycles. The van der Waals surface area contributed by atoms with E-state index in [4.69, 9.17) is 15.2 Å². The molecule has 1 atom stereocenters. The first-order valence-corrected chi connectivity index (χ1v) is 6.79. The number of nitrogens with two attached hydrogens (primary N) is 1. The molecule has 0 heterocycles. The predicted octanol–water partition coefficient (Wildman–Crippen LogP) is 0.0711. The summed E-state index contributed by atoms with van der Waals surface area (Å²) >= 11 is 0. The van der Waals surface area contributed by atoms with Gasteiger partial charge in [0.1, 0.15) is 0 Å². The minimum atomic E-state index is -0.721. The van der Waals surface area contributed by atoms with Gasteiger partial charge in [0.05, 0.1) is 12.2 Å². The van der Waals surface area contributed by atoms with Gasteiger partial charge in [-0.05, 0) is 25.2 Å². The molecule has 3 N–H and O–H groups in total. The van der Waals surface area contributed by atoms with Crippen LogP contribution in [0.4, 0.5) is 0 Å². The highest BCUT2D eigenvalue weighted by Gasteiger charge is 2.43. The zero-order chi connectivity index (χ0) is 13.4. The molecule has 108 valence electrons. The van der Waals surface area contributed by atoms with Crippen molar-refractivity contribution in [2.45, 2.75) is 24.9 Å². The van der Waals surface area contributed by atoms with Crippen molar-refractivity contribution in [3.8, 4) is 0 Å². The number of nitrogens with zero attached hydrogens (tertiary/aromatic N) is 1. The monoisotopic (exact) mass is 260 g/mol. The lowest BCUT2D eigenvalue weighted by atomic mass is 9.97. The fraction of sp³-hybridized carbons (Fsp3) is 1.00. The van der Waals surface area contributed by atoms with E-state index in [0.29, 0.717) is 25.6 Å². The van der Waals surface area contributed by atoms with Crippen molar-refractivity contribution >= 4 is 0 Å². The average Bonchev–Trinajstić information content (AvgIpc) is 3.20. The van der Waals surface area contributed by atoms with E-state index in [9.17, 15) is 5.11 Å². The first-order valence-electron chi connectivity index (χ1n) is 6.79. The molecule has 0 saturated heterocycles. The highest BCUT2D eigenvalue weighted by molar-refractivity contribution is 4.97. The molecule has 1 aliphatic rings. The number of aliphatic hydroxyl groups is 1. The Balaban J connectivity index is 2.41. The smallest absolute Gasteiger partial charge is 0.0923 e. The van der Waals surface area contributed by atoms with Gasteiger partial charge in [-0.25, -0.2) is 0 Å². The van der Waals surface area contributed by atoms with Crippen LogP contribution in [0.15, 0.2) is 0 Å². The van der Waals surface area contributed by atoms with Crippen LogP contribution in [0.3, 0.4) is 0 Å². The molecule has 0 aromatic rings. The topological polar surface area (TPSA) is 68.0 Å². The van der Waals surface area contributed by atoms with Gasteiger partial charge in [0, 0.05) is 47.0 Å². The van der Waals surface area contributed by atoms with E-state index in [1.165, 1.54) is 0 Å². The van der Waals surface area contributed by atoms with E-state index in [1.54, 1.807) is 14.2 Å². The minimum absolute atomic E-state index is 0.339. The third kappa shape index (κ3) is 5.20. The van der Waals surface area contributed by atoms with Gasteiger partial charge >= 0.3 is 0 Å². The molecule has 0 spiro atoms. The van der Waals surface area contributed by atoms with E-state index < -0.39 is 5.60 Å². The van der Waals surface area contributed by atoms with Crippen LogP contribution in [0, 0.1) is 5.92 Å². The van der Waals surface area contributed by atoms with Crippen molar-refractivity contribution in [1.82, 2.24) is 4.90 Å². The molecule has 1 fully saturated rings. The zero-order valence-corrected chi connectivity index (χ0v) is 11.7. The summed E-state index contributed by atoms with van der Waals surface area (Å²) in [5.41, 5.74) is 5.03. The van der Waals surface area contributed by atoms with E-state index in [-0.39, 0.29) is 0 Å². The van der Waals surface area contributed by atoms with E-state index in [1.807, 2.05) is 0 Å². The Hall–Kier alpha value is -0.200. The molecular formula is C13H28N2O3. The van der Waals surface area contributed by atoms with Crippen molar-refractivity contribution in [3.63, 3.8) is 0 Å². The summed E-state index contributed by atoms with van der Waals surface area (Å²) in [4.78, 5) is 2.23. The summed E-state index contributed by atoms with van der Waals surface area (Å²) in [5, 5.41) is 10.5. The Morgan fingerprint density at radius 3 is 2.39 bits per heavy atom. The lowest BCUT2D eigenvalue weighted by Gasteiger charge is -2.33. The van der Waals surface area contributed by atoms with Gasteiger partial charge < -0.3 is 20.3 Å². The third-order valence-corrected chi connectivity index (χ3v) is 3.62. The van der Waals surface area contributed by atoms with Gasteiger partial charge in [0.15, 0.2) is 0 Å². The molecule has 0 aromatic carbocycles. The van der Waals surface area contributed by atoms with Crippen LogP contribution < -0.4 is 5.73 Å². The maximum atomic E-state index is 10.5. The van der Waals surface area contributed by atoms with Crippen molar-refractivity contribution in [2.24, 2.45) is 11.7 Å². The van der Waals surface area contributed by atoms with Crippen LogP contribution in [-0.2, 0) is 9.47 Å². The quantitative estimate of drug-likeness (QED) is 0.515.